The highest BCUT2D eigenvalue weighted by atomic mass is 32.1. The van der Waals surface area contributed by atoms with Gasteiger partial charge in [-0.1, -0.05) is 170 Å². The van der Waals surface area contributed by atoms with Crippen molar-refractivity contribution in [3.8, 4) is 62.1 Å². The fraction of sp³-hybridized carbons (Fsp3) is 0. The first-order valence-corrected chi connectivity index (χ1v) is 23.7. The second kappa shape index (κ2) is 15.4. The van der Waals surface area contributed by atoms with E-state index in [0.29, 0.717) is 17.5 Å². The van der Waals surface area contributed by atoms with E-state index >= 15 is 0 Å². The zero-order valence-electron chi connectivity index (χ0n) is 36.5. The molecule has 0 radical (unpaired) electrons. The van der Waals surface area contributed by atoms with Crippen LogP contribution in [0, 0.1) is 0 Å². The third-order valence-electron chi connectivity index (χ3n) is 13.5. The minimum Gasteiger partial charge on any atom is -0.309 e. The van der Waals surface area contributed by atoms with Gasteiger partial charge in [-0.2, -0.15) is 0 Å². The molecule has 0 spiro atoms. The number of benzene rings is 10. The average Bonchev–Trinajstić information content (AvgIpc) is 3.96. The smallest absolute Gasteiger partial charge is 0.166 e. The van der Waals surface area contributed by atoms with Crippen molar-refractivity contribution in [1.82, 2.24) is 24.5 Å². The minimum absolute atomic E-state index is 0.591. The summed E-state index contributed by atoms with van der Waals surface area (Å²) in [4.78, 5) is 20.2. The summed E-state index contributed by atoms with van der Waals surface area (Å²) < 4.78 is 4.69. The lowest BCUT2D eigenvalue weighted by Gasteiger charge is -2.14. The maximum Gasteiger partial charge on any atom is 0.166 e. The van der Waals surface area contributed by atoms with Gasteiger partial charge in [0.15, 0.2) is 17.5 Å². The monoisotopic (exact) mass is 883 g/mol. The number of fused-ring (bicyclic) bond motifs is 12. The van der Waals surface area contributed by atoms with Gasteiger partial charge in [-0.15, -0.1) is 11.3 Å². The van der Waals surface area contributed by atoms with Crippen LogP contribution in [-0.2, 0) is 0 Å². The van der Waals surface area contributed by atoms with Gasteiger partial charge >= 0.3 is 0 Å². The molecule has 14 aromatic rings. The van der Waals surface area contributed by atoms with Crippen LogP contribution in [0.5, 0.6) is 0 Å². The molecule has 4 heterocycles. The molecular weight excluding hydrogens is 847 g/mol. The van der Waals surface area contributed by atoms with Gasteiger partial charge in [0.05, 0.1) is 15.7 Å². The van der Waals surface area contributed by atoms with Crippen molar-refractivity contribution in [1.29, 1.82) is 0 Å². The molecule has 0 aliphatic heterocycles. The third-order valence-corrected chi connectivity index (χ3v) is 14.6. The zero-order chi connectivity index (χ0) is 44.7. The molecule has 14 rings (SSSR count). The summed E-state index contributed by atoms with van der Waals surface area (Å²) in [7, 11) is 0. The highest BCUT2D eigenvalue weighted by Gasteiger charge is 2.20. The average molecular weight is 884 g/mol. The van der Waals surface area contributed by atoms with E-state index in [4.69, 9.17) is 19.9 Å². The summed E-state index contributed by atoms with van der Waals surface area (Å²) >= 11 is 1.75. The normalized spacial score (nSPS) is 11.8. The molecule has 0 atom stereocenters. The van der Waals surface area contributed by atoms with E-state index in [0.717, 1.165) is 60.1 Å². The maximum atomic E-state index is 5.19. The Morgan fingerprint density at radius 3 is 1.51 bits per heavy atom. The number of nitrogens with zero attached hydrogens (tertiary/aromatic N) is 5. The van der Waals surface area contributed by atoms with Crippen LogP contribution in [0.2, 0.25) is 0 Å². The van der Waals surface area contributed by atoms with Crippen molar-refractivity contribution in [2.75, 3.05) is 0 Å². The summed E-state index contributed by atoms with van der Waals surface area (Å²) in [5.74, 6) is 1.82. The van der Waals surface area contributed by atoms with Gasteiger partial charge in [0, 0.05) is 61.0 Å². The largest absolute Gasteiger partial charge is 0.309 e. The Hall–Kier alpha value is -8.84. The Kier molecular flexibility index (Phi) is 8.69. The molecule has 0 unspecified atom stereocenters. The van der Waals surface area contributed by atoms with Gasteiger partial charge in [-0.25, -0.2) is 15.0 Å². The molecule has 10 aromatic carbocycles. The Labute approximate surface area is 394 Å². The fourth-order valence-electron chi connectivity index (χ4n) is 10.3. The van der Waals surface area contributed by atoms with E-state index in [9.17, 15) is 0 Å². The van der Waals surface area contributed by atoms with E-state index in [1.54, 1.807) is 11.3 Å². The van der Waals surface area contributed by atoms with Gasteiger partial charge in [0.1, 0.15) is 0 Å². The topological polar surface area (TPSA) is 56.5 Å². The van der Waals surface area contributed by atoms with E-state index in [2.05, 4.69) is 180 Å². The SMILES string of the molecule is c1ccc(-c2ccc(-c3nc(-c4ccccc4)nc(-c4cncc5sc6ccc(-c7ccc8c(c7)c7ccccc7n8-c7ccc8c9ccccc9c9ccccc9c8c7)cc6c45)n3)cc2)cc1. The Bertz CT molecular complexity index is 4270. The summed E-state index contributed by atoms with van der Waals surface area (Å²) in [6.07, 6.45) is 3.87. The molecule has 6 heteroatoms. The number of para-hydroxylation sites is 1. The first kappa shape index (κ1) is 38.4. The van der Waals surface area contributed by atoms with Crippen LogP contribution in [0.1, 0.15) is 0 Å². The molecule has 0 bridgehead atoms. The van der Waals surface area contributed by atoms with Crippen molar-refractivity contribution in [3.63, 3.8) is 0 Å². The number of hydrogen-bond donors (Lipinski definition) is 0. The maximum absolute atomic E-state index is 5.19. The Balaban J connectivity index is 0.907. The molecule has 0 N–H and O–H groups in total. The van der Waals surface area contributed by atoms with Crippen LogP contribution in [0.4, 0.5) is 0 Å². The number of thiophene rings is 1. The van der Waals surface area contributed by atoms with Crippen molar-refractivity contribution in [3.05, 3.63) is 225 Å². The van der Waals surface area contributed by atoms with Crippen LogP contribution < -0.4 is 0 Å². The number of hydrogen-bond acceptors (Lipinski definition) is 5. The highest BCUT2D eigenvalue weighted by molar-refractivity contribution is 7.25. The van der Waals surface area contributed by atoms with Crippen LogP contribution in [-0.4, -0.2) is 24.5 Å². The molecule has 316 valence electrons. The van der Waals surface area contributed by atoms with Crippen molar-refractivity contribution in [2.24, 2.45) is 0 Å². The molecule has 4 aromatic heterocycles. The molecule has 5 nitrogen and oxygen atoms in total. The first-order valence-electron chi connectivity index (χ1n) is 22.9. The number of aromatic nitrogens is 5. The summed E-state index contributed by atoms with van der Waals surface area (Å²) in [5, 5.41) is 12.3. The molecule has 0 fully saturated rings. The van der Waals surface area contributed by atoms with E-state index in [1.165, 1.54) is 58.8 Å². The second-order valence-corrected chi connectivity index (χ2v) is 18.5. The predicted molar refractivity (Wildman–Crippen MR) is 285 cm³/mol. The van der Waals surface area contributed by atoms with Crippen LogP contribution in [0.25, 0.3) is 136 Å². The second-order valence-electron chi connectivity index (χ2n) is 17.4. The third kappa shape index (κ3) is 6.15. The van der Waals surface area contributed by atoms with Gasteiger partial charge in [0.2, 0.25) is 0 Å². The predicted octanol–water partition coefficient (Wildman–Crippen LogP) is 16.5. The van der Waals surface area contributed by atoms with Crippen molar-refractivity contribution >= 4 is 85.6 Å². The molecule has 68 heavy (non-hydrogen) atoms. The molecular formula is C62H37N5S. The van der Waals surface area contributed by atoms with Crippen LogP contribution >= 0.6 is 11.3 Å². The zero-order valence-corrected chi connectivity index (χ0v) is 37.3. The van der Waals surface area contributed by atoms with E-state index in [-0.39, 0.29) is 0 Å². The van der Waals surface area contributed by atoms with Crippen LogP contribution in [0.3, 0.4) is 0 Å². The van der Waals surface area contributed by atoms with Crippen molar-refractivity contribution < 1.29 is 0 Å². The first-order chi connectivity index (χ1) is 33.7. The molecule has 0 saturated carbocycles. The van der Waals surface area contributed by atoms with E-state index < -0.39 is 0 Å². The molecule has 0 saturated heterocycles. The molecule has 0 aliphatic carbocycles. The number of rotatable bonds is 6. The Morgan fingerprint density at radius 2 is 0.809 bits per heavy atom. The minimum atomic E-state index is 0.591. The van der Waals surface area contributed by atoms with Crippen LogP contribution in [0.15, 0.2) is 225 Å². The summed E-state index contributed by atoms with van der Waals surface area (Å²) in [6.45, 7) is 0. The van der Waals surface area contributed by atoms with Crippen molar-refractivity contribution in [2.45, 2.75) is 0 Å². The van der Waals surface area contributed by atoms with Gasteiger partial charge in [-0.05, 0) is 97.0 Å². The highest BCUT2D eigenvalue weighted by Crippen LogP contribution is 2.43. The molecule has 0 aliphatic rings. The number of pyridine rings is 1. The van der Waals surface area contributed by atoms with Gasteiger partial charge < -0.3 is 4.57 Å². The lowest BCUT2D eigenvalue weighted by molar-refractivity contribution is 1.07. The summed E-state index contributed by atoms with van der Waals surface area (Å²) in [5.41, 5.74) is 10.8. The van der Waals surface area contributed by atoms with E-state index in [1.807, 2.05) is 48.8 Å². The lowest BCUT2D eigenvalue weighted by Crippen LogP contribution is -2.00. The summed E-state index contributed by atoms with van der Waals surface area (Å²) in [6, 6.07) is 76.1. The standard InChI is InChI=1S/C62H37N5S/c1-3-13-38(14-4-1)39-23-25-41(26-24-39)61-64-60(40-15-5-2-6-16-40)65-62(66-61)54-36-63-37-58-59(54)53-34-43(28-32-57(53)68-58)42-27-31-56-52(33-42)50-21-11-12-22-55(50)67(56)44-29-30-49-47-19-8-7-17-45(47)46-18-9-10-20-48(46)51(49)35-44/h1-37H. The fourth-order valence-corrected chi connectivity index (χ4v) is 11.4. The van der Waals surface area contributed by atoms with Gasteiger partial charge in [-0.3, -0.25) is 4.98 Å². The molecule has 0 amide bonds. The lowest BCUT2D eigenvalue weighted by atomic mass is 9.94. The van der Waals surface area contributed by atoms with Gasteiger partial charge in [0.25, 0.3) is 0 Å². The quantitative estimate of drug-likeness (QED) is 0.156. The Morgan fingerprint density at radius 1 is 0.309 bits per heavy atom.